The van der Waals surface area contributed by atoms with E-state index in [1.807, 2.05) is 6.92 Å². The molecule has 2 aliphatic rings. The van der Waals surface area contributed by atoms with Crippen molar-refractivity contribution >= 4 is 40.6 Å². The zero-order valence-corrected chi connectivity index (χ0v) is 16.7. The second kappa shape index (κ2) is 8.31. The van der Waals surface area contributed by atoms with Crippen molar-refractivity contribution in [3.8, 4) is 6.07 Å². The fraction of sp³-hybridized carbons (Fsp3) is 0.400. The summed E-state index contributed by atoms with van der Waals surface area (Å²) in [5, 5.41) is 8.64. The summed E-state index contributed by atoms with van der Waals surface area (Å²) in [6.45, 7) is 3.58. The zero-order valence-electron chi connectivity index (χ0n) is 16.0. The van der Waals surface area contributed by atoms with E-state index in [-0.39, 0.29) is 16.7 Å². The highest BCUT2D eigenvalue weighted by Gasteiger charge is 2.42. The number of benzene rings is 1. The van der Waals surface area contributed by atoms with E-state index < -0.39 is 34.8 Å². The van der Waals surface area contributed by atoms with Crippen LogP contribution < -0.4 is 10.4 Å². The Morgan fingerprint density at radius 2 is 1.93 bits per heavy atom. The van der Waals surface area contributed by atoms with Gasteiger partial charge in [0.15, 0.2) is 5.82 Å². The number of hydrogen-bond donors (Lipinski definition) is 1. The lowest BCUT2D eigenvalue weighted by Crippen LogP contribution is -2.33. The van der Waals surface area contributed by atoms with E-state index in [0.29, 0.717) is 35.3 Å². The van der Waals surface area contributed by atoms with Gasteiger partial charge in [0.1, 0.15) is 11.8 Å². The summed E-state index contributed by atoms with van der Waals surface area (Å²) in [5.74, 6) is -3.28. The third-order valence-corrected chi connectivity index (χ3v) is 5.49. The maximum atomic E-state index is 15.3. The SMILES string of the molecule is CCC(C)ONc1c(F)c(N2C(=O)C3=C(CCCC3)C2=O)cc(C(=O)C#N)c1Cl. The molecule has 0 saturated carbocycles. The van der Waals surface area contributed by atoms with E-state index >= 15 is 4.39 Å². The lowest BCUT2D eigenvalue weighted by molar-refractivity contribution is -0.120. The van der Waals surface area contributed by atoms with Gasteiger partial charge in [-0.2, -0.15) is 5.26 Å². The average molecular weight is 420 g/mol. The molecule has 1 atom stereocenters. The highest BCUT2D eigenvalue weighted by atomic mass is 35.5. The second-order valence-corrected chi connectivity index (χ2v) is 7.31. The fourth-order valence-electron chi connectivity index (χ4n) is 3.30. The number of nitriles is 1. The summed E-state index contributed by atoms with van der Waals surface area (Å²) in [4.78, 5) is 43.7. The van der Waals surface area contributed by atoms with Crippen LogP contribution in [0.15, 0.2) is 17.2 Å². The van der Waals surface area contributed by atoms with Crippen LogP contribution in [0.2, 0.25) is 5.02 Å². The molecule has 3 rings (SSSR count). The third kappa shape index (κ3) is 3.63. The number of nitrogens with one attached hydrogen (secondary N) is 1. The van der Waals surface area contributed by atoms with Crippen molar-refractivity contribution in [1.29, 1.82) is 5.26 Å². The van der Waals surface area contributed by atoms with Gasteiger partial charge in [-0.05, 0) is 45.1 Å². The molecular formula is C20H19ClFN3O4. The molecule has 1 N–H and O–H groups in total. The first-order valence-electron chi connectivity index (χ1n) is 9.30. The van der Waals surface area contributed by atoms with Crippen LogP contribution in [-0.4, -0.2) is 23.7 Å². The Morgan fingerprint density at radius 1 is 1.34 bits per heavy atom. The summed E-state index contributed by atoms with van der Waals surface area (Å²) < 4.78 is 15.3. The lowest BCUT2D eigenvalue weighted by atomic mass is 9.93. The second-order valence-electron chi connectivity index (χ2n) is 6.94. The molecule has 1 heterocycles. The predicted octanol–water partition coefficient (Wildman–Crippen LogP) is 4.07. The molecule has 0 aromatic heterocycles. The number of ketones is 1. The smallest absolute Gasteiger partial charge is 0.263 e. The van der Waals surface area contributed by atoms with E-state index in [9.17, 15) is 14.4 Å². The monoisotopic (exact) mass is 419 g/mol. The van der Waals surface area contributed by atoms with Crippen LogP contribution in [0.25, 0.3) is 0 Å². The minimum atomic E-state index is -1.03. The van der Waals surface area contributed by atoms with Crippen molar-refractivity contribution in [2.45, 2.75) is 52.1 Å². The molecule has 1 aliphatic heterocycles. The van der Waals surface area contributed by atoms with E-state index in [1.54, 1.807) is 6.92 Å². The highest BCUT2D eigenvalue weighted by Crippen LogP contribution is 2.41. The maximum Gasteiger partial charge on any atom is 0.263 e. The summed E-state index contributed by atoms with van der Waals surface area (Å²) in [6.07, 6.45) is 2.71. The number of hydrogen-bond acceptors (Lipinski definition) is 6. The first kappa shape index (κ1) is 21.0. The van der Waals surface area contributed by atoms with E-state index in [0.717, 1.165) is 18.9 Å². The number of imide groups is 1. The molecule has 0 radical (unpaired) electrons. The Bertz CT molecular complexity index is 955. The molecule has 0 saturated heterocycles. The van der Waals surface area contributed by atoms with Gasteiger partial charge in [-0.1, -0.05) is 18.5 Å². The largest absolute Gasteiger partial charge is 0.277 e. The van der Waals surface area contributed by atoms with Gasteiger partial charge in [0, 0.05) is 11.1 Å². The number of carbonyl (C=O) groups is 3. The molecule has 7 nitrogen and oxygen atoms in total. The first-order valence-corrected chi connectivity index (χ1v) is 9.68. The molecule has 2 amide bonds. The summed E-state index contributed by atoms with van der Waals surface area (Å²) in [7, 11) is 0. The molecule has 0 spiro atoms. The number of rotatable bonds is 6. The summed E-state index contributed by atoms with van der Waals surface area (Å²) in [5.41, 5.74) is 1.94. The fourth-order valence-corrected chi connectivity index (χ4v) is 3.56. The minimum absolute atomic E-state index is 0.312. The summed E-state index contributed by atoms with van der Waals surface area (Å²) in [6, 6.07) is 2.39. The van der Waals surface area contributed by atoms with Gasteiger partial charge in [0.2, 0.25) is 0 Å². The molecule has 152 valence electrons. The van der Waals surface area contributed by atoms with Crippen LogP contribution in [-0.2, 0) is 14.4 Å². The van der Waals surface area contributed by atoms with Crippen molar-refractivity contribution < 1.29 is 23.6 Å². The van der Waals surface area contributed by atoms with Gasteiger partial charge in [0.05, 0.1) is 22.4 Å². The maximum absolute atomic E-state index is 15.3. The van der Waals surface area contributed by atoms with Crippen LogP contribution in [0.1, 0.15) is 56.3 Å². The van der Waals surface area contributed by atoms with E-state index in [2.05, 4.69) is 5.48 Å². The van der Waals surface area contributed by atoms with Crippen molar-refractivity contribution in [2.75, 3.05) is 10.4 Å². The molecule has 0 fully saturated rings. The third-order valence-electron chi connectivity index (χ3n) is 5.10. The Labute approximate surface area is 172 Å². The molecule has 0 bridgehead atoms. The van der Waals surface area contributed by atoms with Gasteiger partial charge in [-0.25, -0.2) is 9.29 Å². The molecule has 1 aromatic rings. The molecule has 1 aromatic carbocycles. The number of halogens is 2. The topological polar surface area (TPSA) is 99.5 Å². The molecule has 1 aliphatic carbocycles. The predicted molar refractivity (Wildman–Crippen MR) is 104 cm³/mol. The molecule has 9 heteroatoms. The first-order chi connectivity index (χ1) is 13.8. The Balaban J connectivity index is 2.11. The summed E-state index contributed by atoms with van der Waals surface area (Å²) >= 11 is 6.13. The quantitative estimate of drug-likeness (QED) is 0.323. The Kier molecular flexibility index (Phi) is 6.01. The number of Topliss-reactive ketones (excluding diaryl/α,β-unsaturated/α-hetero) is 1. The number of amides is 2. The number of anilines is 2. The van der Waals surface area contributed by atoms with Crippen LogP contribution in [0.4, 0.5) is 15.8 Å². The normalized spacial score (nSPS) is 17.3. The van der Waals surface area contributed by atoms with Gasteiger partial charge in [-0.3, -0.25) is 24.7 Å². The van der Waals surface area contributed by atoms with Gasteiger partial charge in [-0.15, -0.1) is 0 Å². The zero-order chi connectivity index (χ0) is 21.3. The number of carbonyl (C=O) groups excluding carboxylic acids is 3. The van der Waals surface area contributed by atoms with Crippen molar-refractivity contribution in [3.63, 3.8) is 0 Å². The Hall–Kier alpha value is -2.76. The molecule has 29 heavy (non-hydrogen) atoms. The van der Waals surface area contributed by atoms with Crippen LogP contribution in [0.5, 0.6) is 0 Å². The Morgan fingerprint density at radius 3 is 2.45 bits per heavy atom. The van der Waals surface area contributed by atoms with E-state index in [4.69, 9.17) is 21.7 Å². The lowest BCUT2D eigenvalue weighted by Gasteiger charge is -2.21. The van der Waals surface area contributed by atoms with Crippen LogP contribution in [0.3, 0.4) is 0 Å². The standard InChI is InChI=1S/C20H19ClFN3O4/c1-3-10(2)29-24-18-16(21)13(15(26)9-23)8-14(17(18)22)25-19(27)11-6-4-5-7-12(11)20(25)28/h8,10,24H,3-7H2,1-2H3. The van der Waals surface area contributed by atoms with Gasteiger partial charge < -0.3 is 0 Å². The average Bonchev–Trinajstić information content (AvgIpc) is 2.98. The van der Waals surface area contributed by atoms with Gasteiger partial charge >= 0.3 is 0 Å². The van der Waals surface area contributed by atoms with Crippen molar-refractivity contribution in [3.05, 3.63) is 33.6 Å². The van der Waals surface area contributed by atoms with Crippen LogP contribution >= 0.6 is 11.6 Å². The highest BCUT2D eigenvalue weighted by molar-refractivity contribution is 6.38. The van der Waals surface area contributed by atoms with Crippen LogP contribution in [0, 0.1) is 17.1 Å². The molecule has 1 unspecified atom stereocenters. The minimum Gasteiger partial charge on any atom is -0.277 e. The molecular weight excluding hydrogens is 401 g/mol. The van der Waals surface area contributed by atoms with Crippen molar-refractivity contribution in [2.24, 2.45) is 0 Å². The van der Waals surface area contributed by atoms with E-state index in [1.165, 1.54) is 6.07 Å². The van der Waals surface area contributed by atoms with Gasteiger partial charge in [0.25, 0.3) is 17.6 Å². The number of nitrogens with zero attached hydrogens (tertiary/aromatic N) is 2. The van der Waals surface area contributed by atoms with Crippen molar-refractivity contribution in [1.82, 2.24) is 0 Å².